The van der Waals surface area contributed by atoms with Crippen molar-refractivity contribution in [2.24, 2.45) is 0 Å². The molecule has 0 amide bonds. The van der Waals surface area contributed by atoms with Gasteiger partial charge in [-0.3, -0.25) is 4.79 Å². The van der Waals surface area contributed by atoms with Crippen LogP contribution < -0.4 is 0 Å². The third-order valence-corrected chi connectivity index (χ3v) is 1.28. The number of halogens is 1. The number of hydrogen-bond donors (Lipinski definition) is 0. The van der Waals surface area contributed by atoms with E-state index in [9.17, 15) is 4.79 Å². The number of carbonyl (C=O) groups is 1. The molecule has 0 N–H and O–H groups in total. The van der Waals surface area contributed by atoms with Gasteiger partial charge in [-0.05, 0) is 18.9 Å². The van der Waals surface area contributed by atoms with Crippen LogP contribution in [0, 0.1) is 0 Å². The predicted octanol–water partition coefficient (Wildman–Crippen LogP) is 1.27. The third-order valence-electron chi connectivity index (χ3n) is 0.719. The van der Waals surface area contributed by atoms with Gasteiger partial charge in [-0.2, -0.15) is 0 Å². The van der Waals surface area contributed by atoms with Gasteiger partial charge in [0.05, 0.1) is 0 Å². The van der Waals surface area contributed by atoms with Gasteiger partial charge in [-0.25, -0.2) is 0 Å². The van der Waals surface area contributed by atoms with E-state index in [0.717, 1.165) is 24.5 Å². The third kappa shape index (κ3) is 12.2. The molecular weight excluding hydrogens is 191 g/mol. The Morgan fingerprint density at radius 3 is 2.56 bits per heavy atom. The molecule has 48 valence electrons. The van der Waals surface area contributed by atoms with E-state index in [-0.39, 0.29) is 29.6 Å². The first-order chi connectivity index (χ1) is 3.91. The summed E-state index contributed by atoms with van der Waals surface area (Å²) < 4.78 is 0. The zero-order chi connectivity index (χ0) is 6.24. The SMILES string of the molecule is O=CC=CCCCBr.[NaH]. The van der Waals surface area contributed by atoms with Crippen LogP contribution in [-0.2, 0) is 4.79 Å². The summed E-state index contributed by atoms with van der Waals surface area (Å²) in [6.45, 7) is 0. The van der Waals surface area contributed by atoms with Crippen LogP contribution in [0.4, 0.5) is 0 Å². The molecule has 0 aliphatic carbocycles. The summed E-state index contributed by atoms with van der Waals surface area (Å²) in [4.78, 5) is 9.67. The van der Waals surface area contributed by atoms with Crippen molar-refractivity contribution < 1.29 is 4.79 Å². The molecule has 0 saturated heterocycles. The Balaban J connectivity index is 0. The maximum absolute atomic E-state index is 9.67. The summed E-state index contributed by atoms with van der Waals surface area (Å²) >= 11 is 3.28. The van der Waals surface area contributed by atoms with Gasteiger partial charge >= 0.3 is 29.6 Å². The Labute approximate surface area is 86.3 Å². The fourth-order valence-electron chi connectivity index (χ4n) is 0.347. The van der Waals surface area contributed by atoms with Crippen LogP contribution in [0.5, 0.6) is 0 Å². The van der Waals surface area contributed by atoms with Crippen LogP contribution in [0.25, 0.3) is 0 Å². The number of aldehydes is 1. The number of allylic oxidation sites excluding steroid dienone is 2. The molecule has 0 rings (SSSR count). The van der Waals surface area contributed by atoms with Crippen LogP contribution in [-0.4, -0.2) is 41.2 Å². The van der Waals surface area contributed by atoms with Crippen LogP contribution in [0.3, 0.4) is 0 Å². The van der Waals surface area contributed by atoms with Crippen molar-refractivity contribution in [3.8, 4) is 0 Å². The van der Waals surface area contributed by atoms with Crippen LogP contribution >= 0.6 is 15.9 Å². The standard InChI is InChI=1S/C6H9BrO.Na.H/c7-5-3-1-2-4-6-8;;/h2,4,6H,1,3,5H2;;. The summed E-state index contributed by atoms with van der Waals surface area (Å²) in [7, 11) is 0. The summed E-state index contributed by atoms with van der Waals surface area (Å²) in [5.74, 6) is 0. The van der Waals surface area contributed by atoms with E-state index >= 15 is 0 Å². The number of alkyl halides is 1. The molecule has 0 aromatic carbocycles. The molecule has 0 saturated carbocycles. The maximum atomic E-state index is 9.67. The van der Waals surface area contributed by atoms with Crippen molar-refractivity contribution in [1.82, 2.24) is 0 Å². The number of unbranched alkanes of at least 4 members (excludes halogenated alkanes) is 1. The molecule has 0 heterocycles. The van der Waals surface area contributed by atoms with E-state index in [2.05, 4.69) is 15.9 Å². The molecule has 0 unspecified atom stereocenters. The van der Waals surface area contributed by atoms with Crippen molar-refractivity contribution in [1.29, 1.82) is 0 Å². The zero-order valence-electron chi connectivity index (χ0n) is 4.64. The molecule has 0 radical (unpaired) electrons. The molecule has 0 bridgehead atoms. The predicted molar refractivity (Wildman–Crippen MR) is 45.4 cm³/mol. The Hall–Kier alpha value is 0.890. The molecule has 9 heavy (non-hydrogen) atoms. The monoisotopic (exact) mass is 200 g/mol. The summed E-state index contributed by atoms with van der Waals surface area (Å²) in [5, 5.41) is 1.01. The molecule has 0 fully saturated rings. The Bertz CT molecular complexity index is 83.1. The van der Waals surface area contributed by atoms with Gasteiger partial charge in [0.15, 0.2) is 0 Å². The van der Waals surface area contributed by atoms with Crippen LogP contribution in [0.2, 0.25) is 0 Å². The first-order valence-corrected chi connectivity index (χ1v) is 3.70. The van der Waals surface area contributed by atoms with Gasteiger partial charge in [0, 0.05) is 5.33 Å². The van der Waals surface area contributed by atoms with Crippen molar-refractivity contribution >= 4 is 51.8 Å². The number of rotatable bonds is 4. The van der Waals surface area contributed by atoms with E-state index in [1.54, 1.807) is 0 Å². The van der Waals surface area contributed by atoms with Crippen LogP contribution in [0.1, 0.15) is 12.8 Å². The molecule has 1 nitrogen and oxygen atoms in total. The van der Waals surface area contributed by atoms with Gasteiger partial charge in [0.2, 0.25) is 0 Å². The second-order valence-electron chi connectivity index (χ2n) is 1.40. The second kappa shape index (κ2) is 11.7. The molecule has 0 atom stereocenters. The zero-order valence-corrected chi connectivity index (χ0v) is 6.23. The van der Waals surface area contributed by atoms with Crippen molar-refractivity contribution in [3.63, 3.8) is 0 Å². The van der Waals surface area contributed by atoms with E-state index in [1.807, 2.05) is 6.08 Å². The van der Waals surface area contributed by atoms with Crippen molar-refractivity contribution in [2.45, 2.75) is 12.8 Å². The Morgan fingerprint density at radius 1 is 1.44 bits per heavy atom. The molecule has 0 aromatic rings. The summed E-state index contributed by atoms with van der Waals surface area (Å²) in [5.41, 5.74) is 0. The van der Waals surface area contributed by atoms with Crippen molar-refractivity contribution in [3.05, 3.63) is 12.2 Å². The quantitative estimate of drug-likeness (QED) is 0.220. The van der Waals surface area contributed by atoms with E-state index in [1.165, 1.54) is 6.08 Å². The van der Waals surface area contributed by atoms with E-state index in [0.29, 0.717) is 0 Å². The Morgan fingerprint density at radius 2 is 2.11 bits per heavy atom. The minimum atomic E-state index is 0. The fraction of sp³-hybridized carbons (Fsp3) is 0.500. The fourth-order valence-corrected chi connectivity index (χ4v) is 0.671. The average Bonchev–Trinajstić information content (AvgIpc) is 1.81. The second-order valence-corrected chi connectivity index (χ2v) is 2.19. The molecule has 3 heteroatoms. The molecule has 0 spiro atoms. The van der Waals surface area contributed by atoms with Gasteiger partial charge < -0.3 is 0 Å². The average molecular weight is 201 g/mol. The molecule has 0 aliphatic heterocycles. The molecular formula is C6H10BrNaO. The number of hydrogen-bond acceptors (Lipinski definition) is 1. The van der Waals surface area contributed by atoms with Gasteiger partial charge in [0.25, 0.3) is 0 Å². The van der Waals surface area contributed by atoms with Crippen LogP contribution in [0.15, 0.2) is 12.2 Å². The topological polar surface area (TPSA) is 17.1 Å². The van der Waals surface area contributed by atoms with E-state index < -0.39 is 0 Å². The summed E-state index contributed by atoms with van der Waals surface area (Å²) in [6.07, 6.45) is 6.29. The number of carbonyl (C=O) groups excluding carboxylic acids is 1. The van der Waals surface area contributed by atoms with Gasteiger partial charge in [0.1, 0.15) is 6.29 Å². The first-order valence-electron chi connectivity index (χ1n) is 2.58. The summed E-state index contributed by atoms with van der Waals surface area (Å²) in [6, 6.07) is 0. The minimum absolute atomic E-state index is 0. The molecule has 0 aromatic heterocycles. The first kappa shape index (κ1) is 12.6. The molecule has 0 aliphatic rings. The normalized spacial score (nSPS) is 9.00. The Kier molecular flexibility index (Phi) is 16.3. The van der Waals surface area contributed by atoms with Gasteiger partial charge in [-0.15, -0.1) is 0 Å². The van der Waals surface area contributed by atoms with Gasteiger partial charge in [-0.1, -0.05) is 22.0 Å². The van der Waals surface area contributed by atoms with E-state index in [4.69, 9.17) is 0 Å². The van der Waals surface area contributed by atoms with Crippen molar-refractivity contribution in [2.75, 3.05) is 5.33 Å².